The number of piperidine rings is 1. The van der Waals surface area contributed by atoms with Crippen molar-refractivity contribution in [1.29, 1.82) is 0 Å². The van der Waals surface area contributed by atoms with Gasteiger partial charge in [-0.3, -0.25) is 9.59 Å². The Morgan fingerprint density at radius 1 is 1.38 bits per heavy atom. The molecule has 21 heavy (non-hydrogen) atoms. The van der Waals surface area contributed by atoms with E-state index in [0.717, 1.165) is 19.4 Å². The second-order valence-corrected chi connectivity index (χ2v) is 5.66. The molecule has 1 fully saturated rings. The Bertz CT molecular complexity index is 534. The molecule has 114 valence electrons. The number of likely N-dealkylation sites (tertiary alicyclic amines) is 1. The molecule has 1 aliphatic rings. The van der Waals surface area contributed by atoms with E-state index < -0.39 is 0 Å². The molecule has 1 aliphatic heterocycles. The van der Waals surface area contributed by atoms with Gasteiger partial charge in [0.15, 0.2) is 0 Å². The normalized spacial score (nSPS) is 15.1. The zero-order valence-electron chi connectivity index (χ0n) is 11.9. The average Bonchev–Trinajstić information content (AvgIpc) is 2.45. The number of anilines is 2. The zero-order chi connectivity index (χ0) is 15.2. The number of nitrogens with zero attached hydrogens (tertiary/aromatic N) is 1. The van der Waals surface area contributed by atoms with Crippen molar-refractivity contribution in [2.75, 3.05) is 24.1 Å². The van der Waals surface area contributed by atoms with Crippen molar-refractivity contribution < 1.29 is 9.59 Å². The van der Waals surface area contributed by atoms with Gasteiger partial charge in [0.1, 0.15) is 0 Å². The van der Waals surface area contributed by atoms with E-state index in [1.165, 1.54) is 0 Å². The van der Waals surface area contributed by atoms with Gasteiger partial charge < -0.3 is 16.0 Å². The van der Waals surface area contributed by atoms with E-state index >= 15 is 0 Å². The molecule has 1 aromatic carbocycles. The van der Waals surface area contributed by atoms with Crippen LogP contribution in [0.4, 0.5) is 11.4 Å². The smallest absolute Gasteiger partial charge is 0.224 e. The maximum Gasteiger partial charge on any atom is 0.224 e. The minimum Gasteiger partial charge on any atom is -0.397 e. The molecule has 0 saturated carbocycles. The topological polar surface area (TPSA) is 75.4 Å². The molecule has 0 radical (unpaired) electrons. The SMILES string of the molecule is Nc1ccc(Cl)cc1NC(=O)CCCN1CCCCC1=O. The monoisotopic (exact) mass is 309 g/mol. The van der Waals surface area contributed by atoms with Gasteiger partial charge in [-0.15, -0.1) is 0 Å². The molecular weight excluding hydrogens is 290 g/mol. The van der Waals surface area contributed by atoms with E-state index in [2.05, 4.69) is 5.32 Å². The van der Waals surface area contributed by atoms with Crippen LogP contribution in [-0.4, -0.2) is 29.8 Å². The Labute approximate surface area is 129 Å². The number of benzene rings is 1. The minimum absolute atomic E-state index is 0.117. The van der Waals surface area contributed by atoms with Gasteiger partial charge in [0, 0.05) is 31.0 Å². The van der Waals surface area contributed by atoms with Crippen LogP contribution >= 0.6 is 11.6 Å². The second kappa shape index (κ2) is 7.31. The Kier molecular flexibility index (Phi) is 5.44. The number of rotatable bonds is 5. The summed E-state index contributed by atoms with van der Waals surface area (Å²) in [5.74, 6) is 0.0779. The van der Waals surface area contributed by atoms with Crippen molar-refractivity contribution >= 4 is 34.8 Å². The number of carbonyl (C=O) groups is 2. The molecule has 1 saturated heterocycles. The summed E-state index contributed by atoms with van der Waals surface area (Å²) in [6, 6.07) is 4.96. The van der Waals surface area contributed by atoms with Crippen molar-refractivity contribution in [3.63, 3.8) is 0 Å². The molecular formula is C15H20ClN3O2. The first-order valence-corrected chi connectivity index (χ1v) is 7.57. The Morgan fingerprint density at radius 2 is 2.19 bits per heavy atom. The summed E-state index contributed by atoms with van der Waals surface area (Å²) in [6.45, 7) is 1.44. The number of amides is 2. The molecule has 0 unspecified atom stereocenters. The van der Waals surface area contributed by atoms with Gasteiger partial charge in [-0.2, -0.15) is 0 Å². The van der Waals surface area contributed by atoms with Gasteiger partial charge in [0.25, 0.3) is 0 Å². The highest BCUT2D eigenvalue weighted by atomic mass is 35.5. The lowest BCUT2D eigenvalue weighted by Crippen LogP contribution is -2.36. The summed E-state index contributed by atoms with van der Waals surface area (Å²) in [6.07, 6.45) is 3.67. The molecule has 6 heteroatoms. The van der Waals surface area contributed by atoms with E-state index in [-0.39, 0.29) is 11.8 Å². The molecule has 0 bridgehead atoms. The van der Waals surface area contributed by atoms with Gasteiger partial charge >= 0.3 is 0 Å². The molecule has 0 aromatic heterocycles. The number of nitrogens with two attached hydrogens (primary N) is 1. The van der Waals surface area contributed by atoms with E-state index in [9.17, 15) is 9.59 Å². The van der Waals surface area contributed by atoms with Crippen molar-refractivity contribution in [2.24, 2.45) is 0 Å². The maximum atomic E-state index is 11.9. The number of carbonyl (C=O) groups excluding carboxylic acids is 2. The van der Waals surface area contributed by atoms with Crippen LogP contribution in [0.15, 0.2) is 18.2 Å². The van der Waals surface area contributed by atoms with Crippen LogP contribution in [0.25, 0.3) is 0 Å². The molecule has 1 aromatic rings. The van der Waals surface area contributed by atoms with Gasteiger partial charge in [-0.25, -0.2) is 0 Å². The summed E-state index contributed by atoms with van der Waals surface area (Å²) in [5, 5.41) is 3.27. The standard InChI is InChI=1S/C15H20ClN3O2/c16-11-6-7-12(17)13(10-11)18-14(20)4-3-9-19-8-2-1-5-15(19)21/h6-7,10H,1-5,8-9,17H2,(H,18,20). The average molecular weight is 310 g/mol. The largest absolute Gasteiger partial charge is 0.397 e. The van der Waals surface area contributed by atoms with Crippen molar-refractivity contribution in [1.82, 2.24) is 4.90 Å². The zero-order valence-corrected chi connectivity index (χ0v) is 12.7. The molecule has 0 atom stereocenters. The molecule has 0 aliphatic carbocycles. The second-order valence-electron chi connectivity index (χ2n) is 5.22. The predicted octanol–water partition coefficient (Wildman–Crippen LogP) is 2.65. The number of hydrogen-bond donors (Lipinski definition) is 2. The summed E-state index contributed by atoms with van der Waals surface area (Å²) in [5.41, 5.74) is 6.79. The lowest BCUT2D eigenvalue weighted by Gasteiger charge is -2.26. The summed E-state index contributed by atoms with van der Waals surface area (Å²) in [7, 11) is 0. The van der Waals surface area contributed by atoms with Crippen LogP contribution in [0, 0.1) is 0 Å². The number of hydrogen-bond acceptors (Lipinski definition) is 3. The number of halogens is 1. The van der Waals surface area contributed by atoms with Gasteiger partial charge in [-0.1, -0.05) is 11.6 Å². The van der Waals surface area contributed by atoms with Gasteiger partial charge in [0.2, 0.25) is 11.8 Å². The number of nitrogens with one attached hydrogen (secondary N) is 1. The fourth-order valence-corrected chi connectivity index (χ4v) is 2.55. The fraction of sp³-hybridized carbons (Fsp3) is 0.467. The quantitative estimate of drug-likeness (QED) is 0.821. The molecule has 0 spiro atoms. The Hall–Kier alpha value is -1.75. The molecule has 2 rings (SSSR count). The fourth-order valence-electron chi connectivity index (χ4n) is 2.38. The van der Waals surface area contributed by atoms with Crippen molar-refractivity contribution in [3.05, 3.63) is 23.2 Å². The van der Waals surface area contributed by atoms with Crippen LogP contribution < -0.4 is 11.1 Å². The first-order valence-electron chi connectivity index (χ1n) is 7.19. The molecule has 5 nitrogen and oxygen atoms in total. The third-order valence-electron chi connectivity index (χ3n) is 3.54. The van der Waals surface area contributed by atoms with Crippen LogP contribution in [-0.2, 0) is 9.59 Å². The first kappa shape index (κ1) is 15.6. The lowest BCUT2D eigenvalue weighted by molar-refractivity contribution is -0.133. The predicted molar refractivity (Wildman–Crippen MR) is 84.2 cm³/mol. The first-order chi connectivity index (χ1) is 10.1. The van der Waals surface area contributed by atoms with Crippen molar-refractivity contribution in [2.45, 2.75) is 32.1 Å². The van der Waals surface area contributed by atoms with Crippen LogP contribution in [0.3, 0.4) is 0 Å². The third kappa shape index (κ3) is 4.63. The highest BCUT2D eigenvalue weighted by molar-refractivity contribution is 6.31. The Morgan fingerprint density at radius 3 is 2.95 bits per heavy atom. The van der Waals surface area contributed by atoms with Gasteiger partial charge in [-0.05, 0) is 37.5 Å². The van der Waals surface area contributed by atoms with Crippen molar-refractivity contribution in [3.8, 4) is 0 Å². The van der Waals surface area contributed by atoms with Crippen LogP contribution in [0.5, 0.6) is 0 Å². The molecule has 3 N–H and O–H groups in total. The van der Waals surface area contributed by atoms with Crippen LogP contribution in [0.1, 0.15) is 32.1 Å². The van der Waals surface area contributed by atoms with E-state index in [1.54, 1.807) is 18.2 Å². The minimum atomic E-state index is -0.117. The van der Waals surface area contributed by atoms with E-state index in [4.69, 9.17) is 17.3 Å². The number of nitrogen functional groups attached to an aromatic ring is 1. The highest BCUT2D eigenvalue weighted by Crippen LogP contribution is 2.23. The Balaban J connectivity index is 1.77. The third-order valence-corrected chi connectivity index (χ3v) is 3.78. The summed E-state index contributed by atoms with van der Waals surface area (Å²) < 4.78 is 0. The highest BCUT2D eigenvalue weighted by Gasteiger charge is 2.17. The summed E-state index contributed by atoms with van der Waals surface area (Å²) >= 11 is 5.87. The van der Waals surface area contributed by atoms with Gasteiger partial charge in [0.05, 0.1) is 11.4 Å². The molecule has 2 amide bonds. The maximum absolute atomic E-state index is 11.9. The van der Waals surface area contributed by atoms with Crippen LogP contribution in [0.2, 0.25) is 5.02 Å². The molecule has 1 heterocycles. The lowest BCUT2D eigenvalue weighted by atomic mass is 10.1. The van der Waals surface area contributed by atoms with E-state index in [0.29, 0.717) is 42.2 Å². The van der Waals surface area contributed by atoms with E-state index in [1.807, 2.05) is 4.90 Å². The summed E-state index contributed by atoms with van der Waals surface area (Å²) in [4.78, 5) is 25.4.